The summed E-state index contributed by atoms with van der Waals surface area (Å²) in [5, 5.41) is 0. The molecule has 1 unspecified atom stereocenters. The Hall–Kier alpha value is -2.20. The zero-order valence-corrected chi connectivity index (χ0v) is 34.5. The van der Waals surface area contributed by atoms with Crippen LogP contribution in [0.25, 0.3) is 0 Å². The average Bonchev–Trinajstić information content (AvgIpc) is 3.96. The lowest BCUT2D eigenvalue weighted by molar-refractivity contribution is -0.950. The van der Waals surface area contributed by atoms with Crippen LogP contribution in [0.15, 0.2) is 24.3 Å². The van der Waals surface area contributed by atoms with E-state index in [-0.39, 0.29) is 63.7 Å². The molecule has 58 heavy (non-hydrogen) atoms. The Labute approximate surface area is 355 Å². The van der Waals surface area contributed by atoms with Crippen molar-refractivity contribution in [1.82, 2.24) is 0 Å². The van der Waals surface area contributed by atoms with Gasteiger partial charge in [-0.15, -0.1) is 0 Å². The van der Waals surface area contributed by atoms with E-state index in [1.165, 1.54) is 52.8 Å². The predicted molar refractivity (Wildman–Crippen MR) is 233 cm³/mol. The largest absolute Gasteiger partial charge is 0.909 e. The normalized spacial score (nSPS) is 26.6. The maximum absolute atomic E-state index is 10.7. The number of carbonyl (C=O) groups excluding carboxylic acids is 2. The van der Waals surface area contributed by atoms with Crippen LogP contribution >= 0.6 is 0 Å². The number of quaternary nitrogens is 2. The fraction of sp³-hybridized carbons (Fsp3) is 0.800. The van der Waals surface area contributed by atoms with Gasteiger partial charge >= 0.3 is 33.3 Å². The van der Waals surface area contributed by atoms with E-state index in [0.717, 1.165) is 80.4 Å². The van der Waals surface area contributed by atoms with Crippen LogP contribution in [-0.2, 0) is 42.3 Å². The molecule has 7 fully saturated rings. The Morgan fingerprint density at radius 2 is 1.43 bits per heavy atom. The van der Waals surface area contributed by atoms with E-state index in [1.54, 1.807) is 7.05 Å². The molecule has 1 aromatic rings. The predicted octanol–water partition coefficient (Wildman–Crippen LogP) is 6.54. The topological polar surface area (TPSA) is 117 Å². The highest BCUT2D eigenvalue weighted by molar-refractivity contribution is 6.45. The number of nitrogens with zero attached hydrogens (tertiary/aromatic N) is 2. The molecule has 324 valence electrons. The van der Waals surface area contributed by atoms with E-state index in [9.17, 15) is 9.59 Å². The van der Waals surface area contributed by atoms with Crippen molar-refractivity contribution in [3.63, 3.8) is 0 Å². The summed E-state index contributed by atoms with van der Waals surface area (Å²) in [5.41, 5.74) is 0.520. The molecule has 0 amide bonds. The van der Waals surface area contributed by atoms with Crippen molar-refractivity contribution in [2.45, 2.75) is 133 Å². The van der Waals surface area contributed by atoms with Crippen molar-refractivity contribution >= 4 is 49.3 Å². The molecule has 0 N–H and O–H groups in total. The van der Waals surface area contributed by atoms with Gasteiger partial charge in [0.1, 0.15) is 37.8 Å². The second kappa shape index (κ2) is 26.2. The standard InChI is InChI=1S/C9H18NO2.C7H14BO.C6H4BO2.C6H12BO.C5H7BNO4.C4H8BO.3CH4/c1-2-3-4-10-5-7-11-9(10)12-8-6-10;1-6-4-7(2,3)9-8-5-6;1-2-4-6-5(3-1)8-7-9-6;1-6(2)3-4-7-8-5-6;1-7-2-4(8)10-6(7)11-5(9)3-7;1-2-4-6-5-3-1;;;/h9H,2-8H2,1H3;6H,4-5H2,1-3H3;1-4H;3-5H2,1-2H3;2-3H2,1H3;1-4H2;3*1H4/q+1;;;;+1;;;;. The molecule has 8 aliphatic rings. The number of para-hydroxylation sites is 2. The van der Waals surface area contributed by atoms with Crippen LogP contribution in [0.5, 0.6) is 11.5 Å². The molecular formula is C40H75B5N2O11+2. The Kier molecular flexibility index (Phi) is 24.3. The summed E-state index contributed by atoms with van der Waals surface area (Å²) in [6.45, 7) is 20.9. The number of hydrogen-bond acceptors (Lipinski definition) is 11. The summed E-state index contributed by atoms with van der Waals surface area (Å²) in [6.07, 6.45) is 11.1. The molecular weight excluding hydrogens is 739 g/mol. The van der Waals surface area contributed by atoms with Crippen molar-refractivity contribution < 1.29 is 60.5 Å². The fourth-order valence-corrected chi connectivity index (χ4v) is 7.18. The fourth-order valence-electron chi connectivity index (χ4n) is 7.18. The van der Waals surface area contributed by atoms with Crippen LogP contribution in [0.4, 0.5) is 0 Å². The third-order valence-electron chi connectivity index (χ3n) is 10.4. The number of unbranched alkanes of at least 4 members (excludes halogenated alkanes) is 1. The van der Waals surface area contributed by atoms with Gasteiger partial charge in [0.05, 0.1) is 13.6 Å². The van der Waals surface area contributed by atoms with Gasteiger partial charge < -0.3 is 32.6 Å². The highest BCUT2D eigenvalue weighted by Gasteiger charge is 2.65. The monoisotopic (exact) mass is 815 g/mol. The number of hydrogen-bond donors (Lipinski definition) is 0. The lowest BCUT2D eigenvalue weighted by Crippen LogP contribution is -2.49. The molecule has 0 bridgehead atoms. The van der Waals surface area contributed by atoms with Crippen molar-refractivity contribution in [1.29, 1.82) is 0 Å². The van der Waals surface area contributed by atoms with E-state index in [0.29, 0.717) is 5.41 Å². The molecule has 8 aliphatic heterocycles. The lowest BCUT2D eigenvalue weighted by atomic mass is 9.75. The van der Waals surface area contributed by atoms with Crippen LogP contribution < -0.4 is 9.31 Å². The van der Waals surface area contributed by atoms with Gasteiger partial charge in [0.25, 0.3) is 22.4 Å². The Balaban J connectivity index is 0.000000348. The minimum Gasteiger partial charge on any atom is -0.524 e. The summed E-state index contributed by atoms with van der Waals surface area (Å²) >= 11 is 0. The van der Waals surface area contributed by atoms with Gasteiger partial charge in [-0.05, 0) is 62.9 Å². The van der Waals surface area contributed by atoms with E-state index in [4.69, 9.17) is 42.1 Å². The highest BCUT2D eigenvalue weighted by Crippen LogP contribution is 2.30. The number of ether oxygens (including phenoxy) is 2. The third kappa shape index (κ3) is 17.8. The highest BCUT2D eigenvalue weighted by atomic mass is 16.7. The first-order valence-electron chi connectivity index (χ1n) is 20.2. The summed E-state index contributed by atoms with van der Waals surface area (Å²) in [6, 6.07) is 7.53. The van der Waals surface area contributed by atoms with Gasteiger partial charge in [-0.1, -0.05) is 94.0 Å². The summed E-state index contributed by atoms with van der Waals surface area (Å²) in [7, 11) is 8.14. The summed E-state index contributed by atoms with van der Waals surface area (Å²) in [4.78, 5) is 21.5. The molecule has 8 heterocycles. The van der Waals surface area contributed by atoms with Gasteiger partial charge in [0.15, 0.2) is 13.1 Å². The third-order valence-corrected chi connectivity index (χ3v) is 10.4. The van der Waals surface area contributed by atoms with E-state index < -0.39 is 7.25 Å². The van der Waals surface area contributed by atoms with Crippen LogP contribution in [0, 0.1) is 11.3 Å². The number of benzene rings is 1. The van der Waals surface area contributed by atoms with E-state index in [2.05, 4.69) is 41.5 Å². The lowest BCUT2D eigenvalue weighted by Gasteiger charge is -2.33. The van der Waals surface area contributed by atoms with E-state index >= 15 is 0 Å². The van der Waals surface area contributed by atoms with Crippen molar-refractivity contribution in [2.24, 2.45) is 11.3 Å². The zero-order valence-electron chi connectivity index (χ0n) is 34.5. The average molecular weight is 814 g/mol. The number of rotatable bonds is 3. The molecule has 4 radical (unpaired) electrons. The SMILES string of the molecule is C.C.C.CC1(C)CC[B]OC1.CC1C[B]OC(C)(C)C1.CCCC[N+]12CCOC1OCC2.C[N+]12CC(=O)OB1OC(=O)C2.[B]1CCCCO1.[B]1Oc2ccccc2O1. The maximum atomic E-state index is 10.7. The van der Waals surface area contributed by atoms with Crippen molar-refractivity contribution in [3.8, 4) is 11.5 Å². The van der Waals surface area contributed by atoms with Crippen LogP contribution in [0.1, 0.15) is 102 Å². The molecule has 0 aliphatic carbocycles. The summed E-state index contributed by atoms with van der Waals surface area (Å²) < 4.78 is 47.3. The van der Waals surface area contributed by atoms with Crippen molar-refractivity contribution in [3.05, 3.63) is 24.3 Å². The Morgan fingerprint density at radius 1 is 0.828 bits per heavy atom. The molecule has 0 aromatic heterocycles. The van der Waals surface area contributed by atoms with Crippen molar-refractivity contribution in [2.75, 3.05) is 66.2 Å². The van der Waals surface area contributed by atoms with Crippen LogP contribution in [0.3, 0.4) is 0 Å². The van der Waals surface area contributed by atoms with Crippen LogP contribution in [0.2, 0.25) is 19.0 Å². The Bertz CT molecular complexity index is 1260. The molecule has 1 aromatic carbocycles. The van der Waals surface area contributed by atoms with Gasteiger partial charge in [-0.3, -0.25) is 18.4 Å². The van der Waals surface area contributed by atoms with Gasteiger partial charge in [-0.2, -0.15) is 0 Å². The second-order valence-corrected chi connectivity index (χ2v) is 17.0. The number of likely N-dealkylation sites (N-methyl/N-ethyl adjacent to an activating group) is 1. The van der Waals surface area contributed by atoms with Gasteiger partial charge in [-0.25, -0.2) is 9.59 Å². The molecule has 0 saturated carbocycles. The zero-order chi connectivity index (χ0) is 39.8. The number of carbonyl (C=O) groups is 2. The first kappa shape index (κ1) is 53.8. The Morgan fingerprint density at radius 3 is 1.81 bits per heavy atom. The molecule has 7 saturated heterocycles. The first-order valence-corrected chi connectivity index (χ1v) is 20.2. The molecule has 0 spiro atoms. The minimum atomic E-state index is -0.685. The smallest absolute Gasteiger partial charge is 0.524 e. The second-order valence-electron chi connectivity index (χ2n) is 17.0. The first-order chi connectivity index (χ1) is 26.2. The van der Waals surface area contributed by atoms with Gasteiger partial charge in [0, 0.05) is 18.8 Å². The molecule has 1 atom stereocenters. The molecule has 18 heteroatoms. The molecule has 13 nitrogen and oxygen atoms in total. The summed E-state index contributed by atoms with van der Waals surface area (Å²) in [5.74, 6) is 1.78. The number of fused-ring (bicyclic) bond motifs is 3. The van der Waals surface area contributed by atoms with Gasteiger partial charge in [0.2, 0.25) is 0 Å². The minimum absolute atomic E-state index is 0. The molecule has 9 rings (SSSR count). The van der Waals surface area contributed by atoms with Crippen LogP contribution in [-0.4, -0.2) is 136 Å². The quantitative estimate of drug-likeness (QED) is 0.245. The maximum Gasteiger partial charge on any atom is 0.909 e. The van der Waals surface area contributed by atoms with E-state index in [1.807, 2.05) is 46.7 Å².